The minimum Gasteiger partial charge on any atom is -0.466 e. The standard InChI is InChI=1S/C19H27N3O5S/c1-2-27-19(24)14-5-8-21(9-6-14)18(23)16-11-17(13-3-4-13)22(20-16)15-7-10-28(25,26)12-15/h11,13-15H,2-10,12H2,1H3. The molecule has 1 amide bonds. The van der Waals surface area contributed by atoms with E-state index in [1.54, 1.807) is 16.5 Å². The number of carbonyl (C=O) groups excluding carboxylic acids is 2. The zero-order valence-corrected chi connectivity index (χ0v) is 17.0. The summed E-state index contributed by atoms with van der Waals surface area (Å²) in [6.45, 7) is 3.17. The van der Waals surface area contributed by atoms with Crippen LogP contribution in [0, 0.1) is 5.92 Å². The van der Waals surface area contributed by atoms with E-state index < -0.39 is 9.84 Å². The lowest BCUT2D eigenvalue weighted by molar-refractivity contribution is -0.149. The third-order valence-electron chi connectivity index (χ3n) is 5.94. The summed E-state index contributed by atoms with van der Waals surface area (Å²) >= 11 is 0. The highest BCUT2D eigenvalue weighted by Gasteiger charge is 2.37. The number of nitrogens with zero attached hydrogens (tertiary/aromatic N) is 3. The van der Waals surface area contributed by atoms with E-state index in [2.05, 4.69) is 5.10 Å². The average Bonchev–Trinajstić information content (AvgIpc) is 3.32. The normalized spacial score (nSPS) is 25.0. The Balaban J connectivity index is 1.47. The first kappa shape index (κ1) is 19.4. The first-order chi connectivity index (χ1) is 13.4. The van der Waals surface area contributed by atoms with Gasteiger partial charge < -0.3 is 9.64 Å². The van der Waals surface area contributed by atoms with Crippen molar-refractivity contribution in [1.29, 1.82) is 0 Å². The van der Waals surface area contributed by atoms with Crippen molar-refractivity contribution in [3.05, 3.63) is 17.5 Å². The molecule has 0 N–H and O–H groups in total. The molecule has 1 aromatic heterocycles. The second-order valence-electron chi connectivity index (χ2n) is 8.05. The number of sulfone groups is 1. The highest BCUT2D eigenvalue weighted by molar-refractivity contribution is 7.91. The number of esters is 1. The Bertz CT molecular complexity index is 866. The number of amides is 1. The Morgan fingerprint density at radius 3 is 2.46 bits per heavy atom. The van der Waals surface area contributed by atoms with Crippen LogP contribution in [0.4, 0.5) is 0 Å². The fourth-order valence-corrected chi connectivity index (χ4v) is 5.89. The molecule has 0 spiro atoms. The maximum absolute atomic E-state index is 13.0. The molecule has 1 saturated carbocycles. The van der Waals surface area contributed by atoms with Crippen LogP contribution in [0.15, 0.2) is 6.07 Å². The molecule has 4 rings (SSSR count). The van der Waals surface area contributed by atoms with E-state index in [4.69, 9.17) is 4.74 Å². The lowest BCUT2D eigenvalue weighted by Crippen LogP contribution is -2.40. The summed E-state index contributed by atoms with van der Waals surface area (Å²) < 4.78 is 30.6. The summed E-state index contributed by atoms with van der Waals surface area (Å²) in [6.07, 6.45) is 3.87. The minimum atomic E-state index is -3.02. The van der Waals surface area contributed by atoms with E-state index in [1.807, 2.05) is 6.07 Å². The zero-order valence-electron chi connectivity index (χ0n) is 16.2. The second kappa shape index (κ2) is 7.50. The Kier molecular flexibility index (Phi) is 5.20. The van der Waals surface area contributed by atoms with Gasteiger partial charge in [-0.1, -0.05) is 0 Å². The molecule has 1 aliphatic carbocycles. The molecule has 154 valence electrons. The monoisotopic (exact) mass is 409 g/mol. The molecular formula is C19H27N3O5S. The van der Waals surface area contributed by atoms with Crippen LogP contribution in [-0.4, -0.2) is 66.2 Å². The molecule has 2 saturated heterocycles. The summed E-state index contributed by atoms with van der Waals surface area (Å²) in [6, 6.07) is 1.68. The predicted molar refractivity (Wildman–Crippen MR) is 102 cm³/mol. The maximum Gasteiger partial charge on any atom is 0.309 e. The topological polar surface area (TPSA) is 98.6 Å². The number of hydrogen-bond acceptors (Lipinski definition) is 6. The summed E-state index contributed by atoms with van der Waals surface area (Å²) in [5.74, 6) is 0.208. The fourth-order valence-electron chi connectivity index (χ4n) is 4.20. The van der Waals surface area contributed by atoms with Crippen molar-refractivity contribution in [3.63, 3.8) is 0 Å². The molecule has 0 bridgehead atoms. The van der Waals surface area contributed by atoms with Gasteiger partial charge in [0.05, 0.1) is 30.1 Å². The molecule has 3 aliphatic rings. The zero-order chi connectivity index (χ0) is 19.9. The van der Waals surface area contributed by atoms with Gasteiger partial charge in [0.25, 0.3) is 5.91 Å². The lowest BCUT2D eigenvalue weighted by atomic mass is 9.97. The van der Waals surface area contributed by atoms with Gasteiger partial charge >= 0.3 is 5.97 Å². The van der Waals surface area contributed by atoms with Crippen molar-refractivity contribution in [2.75, 3.05) is 31.2 Å². The van der Waals surface area contributed by atoms with Crippen molar-refractivity contribution in [2.24, 2.45) is 5.92 Å². The van der Waals surface area contributed by atoms with Crippen LogP contribution < -0.4 is 0 Å². The van der Waals surface area contributed by atoms with Crippen LogP contribution in [0.1, 0.15) is 67.2 Å². The van der Waals surface area contributed by atoms with Gasteiger partial charge in [-0.3, -0.25) is 14.3 Å². The van der Waals surface area contributed by atoms with Crippen LogP contribution in [0.2, 0.25) is 0 Å². The molecule has 8 nitrogen and oxygen atoms in total. The van der Waals surface area contributed by atoms with Gasteiger partial charge in [0.15, 0.2) is 15.5 Å². The molecule has 9 heteroatoms. The largest absolute Gasteiger partial charge is 0.466 e. The van der Waals surface area contributed by atoms with Crippen molar-refractivity contribution < 1.29 is 22.7 Å². The SMILES string of the molecule is CCOC(=O)C1CCN(C(=O)c2cc(C3CC3)n(C3CCS(=O)(=O)C3)n2)CC1. The smallest absolute Gasteiger partial charge is 0.309 e. The molecule has 1 atom stereocenters. The van der Waals surface area contributed by atoms with Crippen LogP contribution in [0.25, 0.3) is 0 Å². The van der Waals surface area contributed by atoms with E-state index in [0.29, 0.717) is 50.6 Å². The predicted octanol–water partition coefficient (Wildman–Crippen LogP) is 1.54. The van der Waals surface area contributed by atoms with Gasteiger partial charge in [0.2, 0.25) is 0 Å². The van der Waals surface area contributed by atoms with Gasteiger partial charge in [-0.25, -0.2) is 8.42 Å². The van der Waals surface area contributed by atoms with Crippen LogP contribution >= 0.6 is 0 Å². The molecule has 1 unspecified atom stereocenters. The van der Waals surface area contributed by atoms with Crippen molar-refractivity contribution in [1.82, 2.24) is 14.7 Å². The molecular weight excluding hydrogens is 382 g/mol. The Morgan fingerprint density at radius 2 is 1.89 bits per heavy atom. The number of hydrogen-bond donors (Lipinski definition) is 0. The molecule has 28 heavy (non-hydrogen) atoms. The molecule has 3 heterocycles. The molecule has 3 fully saturated rings. The van der Waals surface area contributed by atoms with Crippen molar-refractivity contribution in [3.8, 4) is 0 Å². The maximum atomic E-state index is 13.0. The Morgan fingerprint density at radius 1 is 1.18 bits per heavy atom. The molecule has 2 aliphatic heterocycles. The summed E-state index contributed by atoms with van der Waals surface area (Å²) in [5.41, 5.74) is 1.38. The van der Waals surface area contributed by atoms with Crippen LogP contribution in [0.5, 0.6) is 0 Å². The van der Waals surface area contributed by atoms with Crippen LogP contribution in [-0.2, 0) is 19.4 Å². The Labute approximate surface area is 165 Å². The lowest BCUT2D eigenvalue weighted by Gasteiger charge is -2.30. The minimum absolute atomic E-state index is 0.104. The fraction of sp³-hybridized carbons (Fsp3) is 0.737. The number of rotatable bonds is 5. The van der Waals surface area contributed by atoms with Gasteiger partial charge in [-0.2, -0.15) is 5.10 Å². The molecule has 0 radical (unpaired) electrons. The Hall–Kier alpha value is -1.90. The van der Waals surface area contributed by atoms with Gasteiger partial charge in [0.1, 0.15) is 0 Å². The van der Waals surface area contributed by atoms with E-state index in [1.165, 1.54) is 0 Å². The van der Waals surface area contributed by atoms with Gasteiger partial charge in [-0.15, -0.1) is 0 Å². The third kappa shape index (κ3) is 3.94. The van der Waals surface area contributed by atoms with Gasteiger partial charge in [0, 0.05) is 24.7 Å². The van der Waals surface area contributed by atoms with Crippen molar-refractivity contribution >= 4 is 21.7 Å². The summed E-state index contributed by atoms with van der Waals surface area (Å²) in [5, 5.41) is 4.55. The highest BCUT2D eigenvalue weighted by Crippen LogP contribution is 2.42. The molecule has 1 aromatic rings. The highest BCUT2D eigenvalue weighted by atomic mass is 32.2. The third-order valence-corrected chi connectivity index (χ3v) is 7.69. The first-order valence-corrected chi connectivity index (χ1v) is 12.0. The number of aromatic nitrogens is 2. The molecule has 0 aromatic carbocycles. The van der Waals surface area contributed by atoms with Gasteiger partial charge in [-0.05, 0) is 45.1 Å². The summed E-state index contributed by atoms with van der Waals surface area (Å²) in [7, 11) is -3.02. The average molecular weight is 410 g/mol. The van der Waals surface area contributed by atoms with E-state index >= 15 is 0 Å². The number of ether oxygens (including phenoxy) is 1. The number of piperidine rings is 1. The number of likely N-dealkylation sites (tertiary alicyclic amines) is 1. The second-order valence-corrected chi connectivity index (χ2v) is 10.3. The van der Waals surface area contributed by atoms with E-state index in [9.17, 15) is 18.0 Å². The summed E-state index contributed by atoms with van der Waals surface area (Å²) in [4.78, 5) is 26.6. The van der Waals surface area contributed by atoms with E-state index in [-0.39, 0.29) is 35.3 Å². The van der Waals surface area contributed by atoms with E-state index in [0.717, 1.165) is 18.5 Å². The quantitative estimate of drug-likeness (QED) is 0.684. The van der Waals surface area contributed by atoms with Crippen LogP contribution in [0.3, 0.4) is 0 Å². The first-order valence-electron chi connectivity index (χ1n) is 10.1. The van der Waals surface area contributed by atoms with Crippen molar-refractivity contribution in [2.45, 2.75) is 51.0 Å². The number of carbonyl (C=O) groups is 2.